The molecule has 3 heterocycles. The van der Waals surface area contributed by atoms with Crippen LogP contribution in [0.25, 0.3) is 17.4 Å². The minimum absolute atomic E-state index is 0.466. The van der Waals surface area contributed by atoms with Crippen molar-refractivity contribution >= 4 is 17.3 Å². The van der Waals surface area contributed by atoms with Gasteiger partial charge in [-0.05, 0) is 31.2 Å². The van der Waals surface area contributed by atoms with E-state index in [0.717, 1.165) is 11.4 Å². The number of methoxy groups -OCH3 is 2. The molecule has 0 aliphatic heterocycles. The van der Waals surface area contributed by atoms with E-state index >= 15 is 0 Å². The molecule has 8 nitrogen and oxygen atoms in total. The molecule has 132 valence electrons. The molecule has 1 aromatic carbocycles. The van der Waals surface area contributed by atoms with E-state index in [2.05, 4.69) is 20.4 Å². The number of furan rings is 1. The molecule has 26 heavy (non-hydrogen) atoms. The number of fused-ring (bicyclic) bond motifs is 1. The molecule has 0 atom stereocenters. The van der Waals surface area contributed by atoms with Crippen LogP contribution in [0.1, 0.15) is 5.69 Å². The third kappa shape index (κ3) is 2.81. The number of aryl methyl sites for hydroxylation is 1. The number of aromatic nitrogens is 4. The van der Waals surface area contributed by atoms with E-state index in [1.165, 1.54) is 0 Å². The van der Waals surface area contributed by atoms with Crippen LogP contribution in [0, 0.1) is 6.92 Å². The first kappa shape index (κ1) is 15.9. The van der Waals surface area contributed by atoms with Crippen LogP contribution in [0.2, 0.25) is 0 Å². The van der Waals surface area contributed by atoms with Gasteiger partial charge in [-0.1, -0.05) is 0 Å². The molecular weight excluding hydrogens is 334 g/mol. The van der Waals surface area contributed by atoms with E-state index in [-0.39, 0.29) is 0 Å². The summed E-state index contributed by atoms with van der Waals surface area (Å²) in [6.07, 6.45) is 1.58. The summed E-state index contributed by atoms with van der Waals surface area (Å²) in [5.74, 6) is 3.61. The summed E-state index contributed by atoms with van der Waals surface area (Å²) in [4.78, 5) is 8.88. The van der Waals surface area contributed by atoms with Crippen LogP contribution in [-0.4, -0.2) is 33.8 Å². The Morgan fingerprint density at radius 1 is 1.08 bits per heavy atom. The van der Waals surface area contributed by atoms with Crippen LogP contribution in [0.4, 0.5) is 11.5 Å². The Bertz CT molecular complexity index is 1060. The second-order valence-corrected chi connectivity index (χ2v) is 5.60. The molecular formula is C18H17N5O3. The molecule has 3 aromatic heterocycles. The molecule has 0 unspecified atom stereocenters. The first-order chi connectivity index (χ1) is 12.7. The lowest BCUT2D eigenvalue weighted by molar-refractivity contribution is 0.405. The van der Waals surface area contributed by atoms with Gasteiger partial charge in [0.25, 0.3) is 5.78 Å². The van der Waals surface area contributed by atoms with Gasteiger partial charge in [0.15, 0.2) is 5.76 Å². The Kier molecular flexibility index (Phi) is 3.92. The van der Waals surface area contributed by atoms with E-state index in [0.29, 0.717) is 34.7 Å². The molecule has 8 heteroatoms. The lowest BCUT2D eigenvalue weighted by Gasteiger charge is -2.13. The van der Waals surface area contributed by atoms with Gasteiger partial charge in [0.2, 0.25) is 5.82 Å². The lowest BCUT2D eigenvalue weighted by atomic mass is 10.2. The van der Waals surface area contributed by atoms with Crippen LogP contribution in [0.3, 0.4) is 0 Å². The molecule has 0 fully saturated rings. The molecule has 1 N–H and O–H groups in total. The van der Waals surface area contributed by atoms with E-state index < -0.39 is 0 Å². The topological polar surface area (TPSA) is 86.7 Å². The van der Waals surface area contributed by atoms with Crippen LogP contribution in [-0.2, 0) is 0 Å². The maximum atomic E-state index is 5.43. The summed E-state index contributed by atoms with van der Waals surface area (Å²) in [6, 6.07) is 11.0. The summed E-state index contributed by atoms with van der Waals surface area (Å²) in [5, 5.41) is 7.83. The lowest BCUT2D eigenvalue weighted by Crippen LogP contribution is -2.04. The number of hydrogen-bond acceptors (Lipinski definition) is 7. The highest BCUT2D eigenvalue weighted by molar-refractivity contribution is 5.68. The van der Waals surface area contributed by atoms with Crippen LogP contribution in [0.5, 0.6) is 11.5 Å². The second-order valence-electron chi connectivity index (χ2n) is 5.60. The largest absolute Gasteiger partial charge is 0.497 e. The van der Waals surface area contributed by atoms with Crippen molar-refractivity contribution in [2.45, 2.75) is 6.92 Å². The zero-order valence-electron chi connectivity index (χ0n) is 14.6. The van der Waals surface area contributed by atoms with Crippen LogP contribution < -0.4 is 14.8 Å². The highest BCUT2D eigenvalue weighted by Gasteiger charge is 2.14. The maximum Gasteiger partial charge on any atom is 0.255 e. The van der Waals surface area contributed by atoms with Crippen molar-refractivity contribution in [2.75, 3.05) is 19.5 Å². The number of nitrogens with zero attached hydrogens (tertiary/aromatic N) is 4. The Morgan fingerprint density at radius 3 is 2.69 bits per heavy atom. The zero-order chi connectivity index (χ0) is 18.1. The number of hydrogen-bond donors (Lipinski definition) is 1. The Hall–Kier alpha value is -3.55. The fourth-order valence-corrected chi connectivity index (χ4v) is 2.64. The van der Waals surface area contributed by atoms with Crippen LogP contribution in [0.15, 0.2) is 47.1 Å². The summed E-state index contributed by atoms with van der Waals surface area (Å²) in [5.41, 5.74) is 1.55. The minimum Gasteiger partial charge on any atom is -0.497 e. The van der Waals surface area contributed by atoms with Gasteiger partial charge < -0.3 is 19.2 Å². The van der Waals surface area contributed by atoms with Gasteiger partial charge in [-0.2, -0.15) is 9.50 Å². The fourth-order valence-electron chi connectivity index (χ4n) is 2.64. The average molecular weight is 351 g/mol. The monoisotopic (exact) mass is 351 g/mol. The van der Waals surface area contributed by atoms with Crippen molar-refractivity contribution in [3.63, 3.8) is 0 Å². The molecule has 0 saturated heterocycles. The molecule has 0 aliphatic carbocycles. The summed E-state index contributed by atoms with van der Waals surface area (Å²) in [7, 11) is 3.23. The average Bonchev–Trinajstić information content (AvgIpc) is 3.30. The van der Waals surface area contributed by atoms with E-state index in [4.69, 9.17) is 13.9 Å². The number of benzene rings is 1. The SMILES string of the molecule is COc1ccc(OC)c(Nc2cc(C)nc3nc(-c4ccco4)nn23)c1. The van der Waals surface area contributed by atoms with Gasteiger partial charge in [-0.3, -0.25) is 0 Å². The van der Waals surface area contributed by atoms with Gasteiger partial charge in [0, 0.05) is 17.8 Å². The number of ether oxygens (including phenoxy) is 2. The number of nitrogens with one attached hydrogen (secondary N) is 1. The maximum absolute atomic E-state index is 5.43. The predicted octanol–water partition coefficient (Wildman–Crippen LogP) is 3.45. The van der Waals surface area contributed by atoms with Crippen molar-refractivity contribution in [1.29, 1.82) is 0 Å². The standard InChI is InChI=1S/C18H17N5O3/c1-11-9-16(20-13-10-12(24-2)6-7-14(13)25-3)23-18(19-11)21-17(22-23)15-5-4-8-26-15/h4-10,20H,1-3H3. The van der Waals surface area contributed by atoms with Gasteiger partial charge in [0.1, 0.15) is 17.3 Å². The second kappa shape index (κ2) is 6.40. The Balaban J connectivity index is 1.81. The minimum atomic E-state index is 0.466. The zero-order valence-corrected chi connectivity index (χ0v) is 14.6. The third-order valence-electron chi connectivity index (χ3n) is 3.85. The number of anilines is 2. The normalized spacial score (nSPS) is 10.9. The highest BCUT2D eigenvalue weighted by Crippen LogP contribution is 2.32. The fraction of sp³-hybridized carbons (Fsp3) is 0.167. The van der Waals surface area contributed by atoms with Gasteiger partial charge in [-0.15, -0.1) is 5.10 Å². The van der Waals surface area contributed by atoms with Crippen molar-refractivity contribution in [3.8, 4) is 23.1 Å². The first-order valence-corrected chi connectivity index (χ1v) is 7.95. The van der Waals surface area contributed by atoms with Crippen molar-refractivity contribution in [2.24, 2.45) is 0 Å². The van der Waals surface area contributed by atoms with E-state index in [1.54, 1.807) is 37.1 Å². The molecule has 0 saturated carbocycles. The first-order valence-electron chi connectivity index (χ1n) is 7.95. The Morgan fingerprint density at radius 2 is 1.96 bits per heavy atom. The predicted molar refractivity (Wildman–Crippen MR) is 96.0 cm³/mol. The number of rotatable bonds is 5. The van der Waals surface area contributed by atoms with Crippen molar-refractivity contribution in [1.82, 2.24) is 19.6 Å². The third-order valence-corrected chi connectivity index (χ3v) is 3.85. The molecule has 4 rings (SSSR count). The summed E-state index contributed by atoms with van der Waals surface area (Å²) in [6.45, 7) is 1.90. The molecule has 0 radical (unpaired) electrons. The van der Waals surface area contributed by atoms with E-state index in [1.807, 2.05) is 31.2 Å². The van der Waals surface area contributed by atoms with Crippen molar-refractivity contribution < 1.29 is 13.9 Å². The van der Waals surface area contributed by atoms with Gasteiger partial charge in [-0.25, -0.2) is 4.98 Å². The summed E-state index contributed by atoms with van der Waals surface area (Å²) >= 11 is 0. The molecule has 4 aromatic rings. The smallest absolute Gasteiger partial charge is 0.255 e. The highest BCUT2D eigenvalue weighted by atomic mass is 16.5. The van der Waals surface area contributed by atoms with Crippen molar-refractivity contribution in [3.05, 3.63) is 48.4 Å². The van der Waals surface area contributed by atoms with Gasteiger partial charge in [0.05, 0.1) is 26.2 Å². The molecule has 0 bridgehead atoms. The van der Waals surface area contributed by atoms with Gasteiger partial charge >= 0.3 is 0 Å². The van der Waals surface area contributed by atoms with Crippen LogP contribution >= 0.6 is 0 Å². The van der Waals surface area contributed by atoms with E-state index in [9.17, 15) is 0 Å². The molecule has 0 spiro atoms. The molecule has 0 amide bonds. The Labute approximate surface area is 149 Å². The summed E-state index contributed by atoms with van der Waals surface area (Å²) < 4.78 is 17.7. The molecule has 0 aliphatic rings. The quantitative estimate of drug-likeness (QED) is 0.589.